The molecule has 2 aromatic rings. The summed E-state index contributed by atoms with van der Waals surface area (Å²) in [5.74, 6) is -0.239. The zero-order valence-corrected chi connectivity index (χ0v) is 12.0. The quantitative estimate of drug-likeness (QED) is 0.918. The molecule has 0 bridgehead atoms. The molecule has 0 fully saturated rings. The fourth-order valence-corrected chi connectivity index (χ4v) is 2.06. The first-order valence-corrected chi connectivity index (χ1v) is 6.92. The summed E-state index contributed by atoms with van der Waals surface area (Å²) in [5.41, 5.74) is 1.36. The van der Waals surface area contributed by atoms with Crippen LogP contribution in [0, 0.1) is 0 Å². The van der Waals surface area contributed by atoms with Gasteiger partial charge >= 0.3 is 0 Å². The fraction of sp³-hybridized carbons (Fsp3) is 0.267. The lowest BCUT2D eigenvalue weighted by Gasteiger charge is -2.18. The third-order valence-corrected chi connectivity index (χ3v) is 3.13. The second-order valence-electron chi connectivity index (χ2n) is 4.45. The Morgan fingerprint density at radius 3 is 2.60 bits per heavy atom. The molecule has 0 saturated heterocycles. The third kappa shape index (κ3) is 3.78. The minimum atomic E-state index is -0.239. The van der Waals surface area contributed by atoms with Gasteiger partial charge in [0.2, 0.25) is 0 Å². The fourth-order valence-electron chi connectivity index (χ4n) is 1.96. The number of amides is 1. The molecule has 4 nitrogen and oxygen atoms in total. The summed E-state index contributed by atoms with van der Waals surface area (Å²) in [6.45, 7) is 2.09. The predicted molar refractivity (Wildman–Crippen MR) is 78.6 cm³/mol. The van der Waals surface area contributed by atoms with Crippen molar-refractivity contribution in [1.82, 2.24) is 15.3 Å². The number of hydrogen-bond acceptors (Lipinski definition) is 3. The first-order valence-electron chi connectivity index (χ1n) is 6.54. The number of nitrogens with one attached hydrogen (secondary N) is 1. The van der Waals surface area contributed by atoms with E-state index in [9.17, 15) is 4.79 Å². The van der Waals surface area contributed by atoms with Crippen LogP contribution < -0.4 is 5.32 Å². The number of nitrogens with zero attached hydrogens (tertiary/aromatic N) is 2. The van der Waals surface area contributed by atoms with Gasteiger partial charge in [-0.3, -0.25) is 4.79 Å². The standard InChI is InChI=1S/C15H16ClN3O/c1-2-6-12(11-7-4-3-5-8-11)19-15(20)13-9-18-14(16)10-17-13/h3-5,7-10,12H,2,6H2,1H3,(H,19,20). The summed E-state index contributed by atoms with van der Waals surface area (Å²) in [6, 6.07) is 9.88. The Morgan fingerprint density at radius 2 is 2.00 bits per heavy atom. The molecule has 1 unspecified atom stereocenters. The van der Waals surface area contributed by atoms with Gasteiger partial charge in [-0.25, -0.2) is 9.97 Å². The summed E-state index contributed by atoms with van der Waals surface area (Å²) >= 11 is 5.66. The number of halogens is 1. The van der Waals surface area contributed by atoms with Gasteiger partial charge in [0.1, 0.15) is 10.8 Å². The van der Waals surface area contributed by atoms with Crippen molar-refractivity contribution in [3.8, 4) is 0 Å². The number of aromatic nitrogens is 2. The molecule has 0 radical (unpaired) electrons. The first-order chi connectivity index (χ1) is 9.70. The highest BCUT2D eigenvalue weighted by atomic mass is 35.5. The van der Waals surface area contributed by atoms with Crippen molar-refractivity contribution in [3.05, 3.63) is 59.1 Å². The second-order valence-corrected chi connectivity index (χ2v) is 4.84. The van der Waals surface area contributed by atoms with Gasteiger partial charge in [0.15, 0.2) is 0 Å². The first kappa shape index (κ1) is 14.5. The van der Waals surface area contributed by atoms with Gasteiger partial charge in [-0.15, -0.1) is 0 Å². The number of hydrogen-bond donors (Lipinski definition) is 1. The maximum Gasteiger partial charge on any atom is 0.271 e. The van der Waals surface area contributed by atoms with Crippen molar-refractivity contribution in [3.63, 3.8) is 0 Å². The Kier molecular flexibility index (Phi) is 5.07. The second kappa shape index (κ2) is 7.01. The summed E-state index contributed by atoms with van der Waals surface area (Å²) in [5, 5.41) is 3.26. The van der Waals surface area contributed by atoms with Gasteiger partial charge in [0.05, 0.1) is 18.4 Å². The Bertz CT molecular complexity index is 557. The number of carbonyl (C=O) groups is 1. The molecule has 0 aliphatic carbocycles. The lowest BCUT2D eigenvalue weighted by Crippen LogP contribution is -2.29. The summed E-state index contributed by atoms with van der Waals surface area (Å²) in [7, 11) is 0. The van der Waals surface area contributed by atoms with Crippen molar-refractivity contribution < 1.29 is 4.79 Å². The minimum absolute atomic E-state index is 0.0221. The average Bonchev–Trinajstić information content (AvgIpc) is 2.48. The molecule has 0 aliphatic heterocycles. The molecule has 104 valence electrons. The molecule has 1 heterocycles. The van der Waals surface area contributed by atoms with E-state index in [1.807, 2.05) is 30.3 Å². The molecule has 0 spiro atoms. The molecule has 1 amide bonds. The van der Waals surface area contributed by atoms with E-state index in [0.717, 1.165) is 18.4 Å². The molecule has 20 heavy (non-hydrogen) atoms. The molecule has 0 saturated carbocycles. The maximum atomic E-state index is 12.2. The van der Waals surface area contributed by atoms with Crippen LogP contribution in [0.25, 0.3) is 0 Å². The van der Waals surface area contributed by atoms with Crippen LogP contribution in [0.1, 0.15) is 41.9 Å². The van der Waals surface area contributed by atoms with Crippen LogP contribution in [0.3, 0.4) is 0 Å². The lowest BCUT2D eigenvalue weighted by atomic mass is 10.0. The maximum absolute atomic E-state index is 12.2. The van der Waals surface area contributed by atoms with Crippen molar-refractivity contribution in [2.75, 3.05) is 0 Å². The van der Waals surface area contributed by atoms with E-state index in [2.05, 4.69) is 22.2 Å². The van der Waals surface area contributed by atoms with E-state index in [-0.39, 0.29) is 22.8 Å². The van der Waals surface area contributed by atoms with Gasteiger partial charge in [-0.2, -0.15) is 0 Å². The van der Waals surface area contributed by atoms with Crippen LogP contribution in [0.5, 0.6) is 0 Å². The molecule has 0 aliphatic rings. The molecule has 5 heteroatoms. The normalized spacial score (nSPS) is 11.9. The number of rotatable bonds is 5. The van der Waals surface area contributed by atoms with Crippen molar-refractivity contribution in [2.45, 2.75) is 25.8 Å². The van der Waals surface area contributed by atoms with E-state index in [1.54, 1.807) is 0 Å². The largest absolute Gasteiger partial charge is 0.344 e. The summed E-state index contributed by atoms with van der Waals surface area (Å²) in [4.78, 5) is 20.0. The van der Waals surface area contributed by atoms with Gasteiger partial charge in [-0.05, 0) is 12.0 Å². The molecule has 2 rings (SSSR count). The van der Waals surface area contributed by atoms with Crippen LogP contribution >= 0.6 is 11.6 Å². The van der Waals surface area contributed by atoms with E-state index in [1.165, 1.54) is 12.4 Å². The topological polar surface area (TPSA) is 54.9 Å². The van der Waals surface area contributed by atoms with Gasteiger partial charge < -0.3 is 5.32 Å². The van der Waals surface area contributed by atoms with Gasteiger partial charge in [0, 0.05) is 0 Å². The number of carbonyl (C=O) groups excluding carboxylic acids is 1. The van der Waals surface area contributed by atoms with Gasteiger partial charge in [0.25, 0.3) is 5.91 Å². The van der Waals surface area contributed by atoms with Gasteiger partial charge in [-0.1, -0.05) is 55.3 Å². The minimum Gasteiger partial charge on any atom is -0.344 e. The smallest absolute Gasteiger partial charge is 0.271 e. The highest BCUT2D eigenvalue weighted by Crippen LogP contribution is 2.18. The zero-order valence-electron chi connectivity index (χ0n) is 11.2. The van der Waals surface area contributed by atoms with E-state index < -0.39 is 0 Å². The highest BCUT2D eigenvalue weighted by molar-refractivity contribution is 6.29. The van der Waals surface area contributed by atoms with Crippen LogP contribution in [-0.2, 0) is 0 Å². The van der Waals surface area contributed by atoms with Crippen LogP contribution in [0.2, 0.25) is 5.15 Å². The Balaban J connectivity index is 2.12. The van der Waals surface area contributed by atoms with Crippen LogP contribution in [0.15, 0.2) is 42.7 Å². The zero-order chi connectivity index (χ0) is 14.4. The molecule has 1 aromatic carbocycles. The third-order valence-electron chi connectivity index (χ3n) is 2.94. The SMILES string of the molecule is CCCC(NC(=O)c1cnc(Cl)cn1)c1ccccc1. The lowest BCUT2D eigenvalue weighted by molar-refractivity contribution is 0.0929. The van der Waals surface area contributed by atoms with E-state index in [0.29, 0.717) is 0 Å². The van der Waals surface area contributed by atoms with Crippen LogP contribution in [0.4, 0.5) is 0 Å². The number of benzene rings is 1. The molecular weight excluding hydrogens is 274 g/mol. The molecule has 1 N–H and O–H groups in total. The molecule has 1 aromatic heterocycles. The molecule has 1 atom stereocenters. The molecular formula is C15H16ClN3O. The predicted octanol–water partition coefficient (Wildman–Crippen LogP) is 3.40. The Morgan fingerprint density at radius 1 is 1.25 bits per heavy atom. The summed E-state index contributed by atoms with van der Waals surface area (Å²) < 4.78 is 0. The van der Waals surface area contributed by atoms with Crippen molar-refractivity contribution in [2.24, 2.45) is 0 Å². The van der Waals surface area contributed by atoms with E-state index >= 15 is 0 Å². The van der Waals surface area contributed by atoms with E-state index in [4.69, 9.17) is 11.6 Å². The average molecular weight is 290 g/mol. The van der Waals surface area contributed by atoms with Crippen molar-refractivity contribution >= 4 is 17.5 Å². The Labute approximate surface area is 123 Å². The monoisotopic (exact) mass is 289 g/mol. The van der Waals surface area contributed by atoms with Crippen LogP contribution in [-0.4, -0.2) is 15.9 Å². The van der Waals surface area contributed by atoms with Crippen molar-refractivity contribution in [1.29, 1.82) is 0 Å². The summed E-state index contributed by atoms with van der Waals surface area (Å²) in [6.07, 6.45) is 4.60. The highest BCUT2D eigenvalue weighted by Gasteiger charge is 2.15. The Hall–Kier alpha value is -1.94.